The van der Waals surface area contributed by atoms with Gasteiger partial charge in [-0.05, 0) is 74.0 Å². The van der Waals surface area contributed by atoms with E-state index in [1.165, 1.54) is 0 Å². The molecule has 5 saturated carbocycles. The van der Waals surface area contributed by atoms with Crippen molar-refractivity contribution in [1.82, 2.24) is 0 Å². The molecule has 5 aliphatic carbocycles. The molecule has 5 nitrogen and oxygen atoms in total. The molecule has 0 aromatic heterocycles. The fourth-order valence-corrected chi connectivity index (χ4v) is 9.67. The minimum absolute atomic E-state index is 0.0490. The molecule has 0 spiro atoms. The SMILES string of the molecule is O=C1CCCCC1SOS(=O)(=O)C(F)(F)C(F)(F)C1CC2CC1C1C3CC(O)C(C3)C21. The maximum absolute atomic E-state index is 15.1. The maximum atomic E-state index is 15.1. The van der Waals surface area contributed by atoms with Gasteiger partial charge in [-0.3, -0.25) is 4.79 Å². The topological polar surface area (TPSA) is 80.7 Å². The highest BCUT2D eigenvalue weighted by Crippen LogP contribution is 2.71. The lowest BCUT2D eigenvalue weighted by Crippen LogP contribution is -2.55. The van der Waals surface area contributed by atoms with Gasteiger partial charge in [0.05, 0.1) is 11.4 Å². The average molecular weight is 487 g/mol. The molecular formula is C20H26F4O5S2. The Bertz CT molecular complexity index is 866. The molecule has 4 bridgehead atoms. The third kappa shape index (κ3) is 3.15. The minimum atomic E-state index is -5.95. The van der Waals surface area contributed by atoms with Crippen LogP contribution in [0.3, 0.4) is 0 Å². The summed E-state index contributed by atoms with van der Waals surface area (Å²) >= 11 is 0.0601. The molecule has 0 aromatic rings. The lowest BCUT2D eigenvalue weighted by atomic mass is 9.65. The van der Waals surface area contributed by atoms with Crippen molar-refractivity contribution in [2.24, 2.45) is 41.4 Å². The molecule has 1 N–H and O–H groups in total. The van der Waals surface area contributed by atoms with Crippen LogP contribution in [0.2, 0.25) is 0 Å². The van der Waals surface area contributed by atoms with Crippen LogP contribution in [0.4, 0.5) is 17.6 Å². The summed E-state index contributed by atoms with van der Waals surface area (Å²) < 4.78 is 88.6. The van der Waals surface area contributed by atoms with Gasteiger partial charge in [-0.1, -0.05) is 6.42 Å². The molecule has 176 valence electrons. The van der Waals surface area contributed by atoms with Gasteiger partial charge in [0.2, 0.25) is 0 Å². The predicted octanol–water partition coefficient (Wildman–Crippen LogP) is 4.01. The second-order valence-electron chi connectivity index (χ2n) is 10.1. The van der Waals surface area contributed by atoms with E-state index in [0.717, 1.165) is 6.42 Å². The van der Waals surface area contributed by atoms with Crippen LogP contribution in [-0.2, 0) is 18.5 Å². The van der Waals surface area contributed by atoms with Gasteiger partial charge < -0.3 is 5.11 Å². The lowest BCUT2D eigenvalue weighted by molar-refractivity contribution is -0.210. The molecular weight excluding hydrogens is 460 g/mol. The van der Waals surface area contributed by atoms with Crippen molar-refractivity contribution in [3.05, 3.63) is 0 Å². The van der Waals surface area contributed by atoms with Crippen LogP contribution in [0.25, 0.3) is 0 Å². The molecule has 5 rings (SSSR count). The van der Waals surface area contributed by atoms with Crippen LogP contribution in [0.1, 0.15) is 51.4 Å². The van der Waals surface area contributed by atoms with E-state index in [1.807, 2.05) is 0 Å². The van der Waals surface area contributed by atoms with Crippen LogP contribution >= 0.6 is 12.0 Å². The molecule has 31 heavy (non-hydrogen) atoms. The van der Waals surface area contributed by atoms with Crippen molar-refractivity contribution in [2.45, 2.75) is 73.9 Å². The number of alkyl halides is 4. The molecule has 0 saturated heterocycles. The zero-order valence-corrected chi connectivity index (χ0v) is 18.4. The van der Waals surface area contributed by atoms with Crippen molar-refractivity contribution in [2.75, 3.05) is 0 Å². The van der Waals surface area contributed by atoms with E-state index in [0.29, 0.717) is 25.7 Å². The summed E-state index contributed by atoms with van der Waals surface area (Å²) in [6.45, 7) is 0. The quantitative estimate of drug-likeness (QED) is 0.347. The molecule has 9 unspecified atom stereocenters. The third-order valence-corrected chi connectivity index (χ3v) is 11.4. The second kappa shape index (κ2) is 7.30. The largest absolute Gasteiger partial charge is 0.432 e. The number of Topliss-reactive ketones (excluding diaryl/α,β-unsaturated/α-hetero) is 1. The van der Waals surface area contributed by atoms with Crippen LogP contribution in [-0.4, -0.2) is 41.8 Å². The smallest absolute Gasteiger partial charge is 0.393 e. The number of ketones is 1. The van der Waals surface area contributed by atoms with Crippen LogP contribution < -0.4 is 0 Å². The second-order valence-corrected chi connectivity index (χ2v) is 12.8. The molecule has 0 radical (unpaired) electrons. The van der Waals surface area contributed by atoms with Crippen molar-refractivity contribution >= 4 is 27.9 Å². The number of halogens is 4. The summed E-state index contributed by atoms with van der Waals surface area (Å²) in [7, 11) is -5.95. The highest BCUT2D eigenvalue weighted by Gasteiger charge is 2.76. The zero-order valence-electron chi connectivity index (χ0n) is 16.8. The Kier molecular flexibility index (Phi) is 5.28. The van der Waals surface area contributed by atoms with Crippen LogP contribution in [0.5, 0.6) is 0 Å². The van der Waals surface area contributed by atoms with E-state index >= 15 is 8.78 Å². The number of aliphatic hydroxyl groups excluding tert-OH is 1. The van der Waals surface area contributed by atoms with Gasteiger partial charge in [0, 0.05) is 24.4 Å². The van der Waals surface area contributed by atoms with Gasteiger partial charge in [0.25, 0.3) is 0 Å². The first-order chi connectivity index (χ1) is 14.5. The minimum Gasteiger partial charge on any atom is -0.393 e. The van der Waals surface area contributed by atoms with Crippen molar-refractivity contribution in [3.8, 4) is 0 Å². The molecule has 0 heterocycles. The highest BCUT2D eigenvalue weighted by atomic mass is 32.3. The maximum Gasteiger partial charge on any atom is 0.432 e. The zero-order chi connectivity index (χ0) is 22.3. The van der Waals surface area contributed by atoms with E-state index < -0.39 is 44.5 Å². The lowest BCUT2D eigenvalue weighted by Gasteiger charge is -2.43. The van der Waals surface area contributed by atoms with Gasteiger partial charge in [-0.2, -0.15) is 29.6 Å². The van der Waals surface area contributed by atoms with E-state index in [2.05, 4.69) is 3.63 Å². The van der Waals surface area contributed by atoms with Crippen LogP contribution in [0, 0.1) is 41.4 Å². The van der Waals surface area contributed by atoms with Gasteiger partial charge >= 0.3 is 21.3 Å². The van der Waals surface area contributed by atoms with Gasteiger partial charge in [-0.15, -0.1) is 0 Å². The molecule has 9 atom stereocenters. The first-order valence-corrected chi connectivity index (χ1v) is 13.2. The Hall–Kier alpha value is -0.390. The van der Waals surface area contributed by atoms with Crippen molar-refractivity contribution < 1.29 is 39.5 Å². The molecule has 11 heteroatoms. The number of rotatable bonds is 6. The summed E-state index contributed by atoms with van der Waals surface area (Å²) in [5, 5.41) is 3.84. The van der Waals surface area contributed by atoms with E-state index in [-0.39, 0.29) is 66.7 Å². The molecule has 5 aliphatic rings. The standard InChI is InChI=1S/C20H26F4O5S2/c21-19(22,20(23,24)31(27,28)29-30-16-4-2-1-3-14(16)25)13-7-9-5-11(13)17-10-6-12(18(9)17)15(26)8-10/h9-13,15-18,26H,1-8H2. The number of carbonyl (C=O) groups excluding carboxylic acids is 1. The monoisotopic (exact) mass is 486 g/mol. The van der Waals surface area contributed by atoms with Crippen molar-refractivity contribution in [1.29, 1.82) is 0 Å². The molecule has 0 amide bonds. The Balaban J connectivity index is 1.32. The number of carbonyl (C=O) groups is 1. The molecule has 0 aliphatic heterocycles. The summed E-state index contributed by atoms with van der Waals surface area (Å²) in [5.74, 6) is -7.62. The summed E-state index contributed by atoms with van der Waals surface area (Å²) in [4.78, 5) is 11.8. The number of aliphatic hydroxyl groups is 1. The Morgan fingerprint density at radius 1 is 0.968 bits per heavy atom. The summed E-state index contributed by atoms with van der Waals surface area (Å²) in [5.41, 5.74) is 0. The van der Waals surface area contributed by atoms with Gasteiger partial charge in [0.15, 0.2) is 0 Å². The Morgan fingerprint density at radius 3 is 2.32 bits per heavy atom. The predicted molar refractivity (Wildman–Crippen MR) is 104 cm³/mol. The highest BCUT2D eigenvalue weighted by molar-refractivity contribution is 8.05. The van der Waals surface area contributed by atoms with E-state index in [1.54, 1.807) is 0 Å². The number of fused-ring (bicyclic) bond motifs is 9. The van der Waals surface area contributed by atoms with Gasteiger partial charge in [0.1, 0.15) is 5.78 Å². The number of hydrogen-bond donors (Lipinski definition) is 1. The fourth-order valence-electron chi connectivity index (χ4n) is 7.56. The first kappa shape index (κ1) is 22.4. The Labute approximate surface area is 183 Å². The third-order valence-electron chi connectivity index (χ3n) is 8.70. The Morgan fingerprint density at radius 2 is 1.61 bits per heavy atom. The normalized spacial score (nSPS) is 44.8. The van der Waals surface area contributed by atoms with E-state index in [9.17, 15) is 27.1 Å². The summed E-state index contributed by atoms with van der Waals surface area (Å²) in [6.07, 6.45) is 2.74. The molecule has 5 fully saturated rings. The number of hydrogen-bond acceptors (Lipinski definition) is 6. The molecule has 0 aromatic carbocycles. The average Bonchev–Trinajstić information content (AvgIpc) is 3.45. The van der Waals surface area contributed by atoms with Crippen LogP contribution in [0.15, 0.2) is 0 Å². The first-order valence-electron chi connectivity index (χ1n) is 11.0. The fraction of sp³-hybridized carbons (Fsp3) is 0.950. The van der Waals surface area contributed by atoms with Crippen molar-refractivity contribution in [3.63, 3.8) is 0 Å². The summed E-state index contributed by atoms with van der Waals surface area (Å²) in [6, 6.07) is 0. The van der Waals surface area contributed by atoms with E-state index in [4.69, 9.17) is 0 Å². The van der Waals surface area contributed by atoms with Gasteiger partial charge in [-0.25, -0.2) is 0 Å².